The van der Waals surface area contributed by atoms with Gasteiger partial charge in [-0.2, -0.15) is 5.10 Å². The Morgan fingerprint density at radius 1 is 1.15 bits per heavy atom. The van der Waals surface area contributed by atoms with Gasteiger partial charge in [-0.25, -0.2) is 9.67 Å². The summed E-state index contributed by atoms with van der Waals surface area (Å²) >= 11 is 0. The average molecular weight is 363 g/mol. The molecule has 6 nitrogen and oxygen atoms in total. The zero-order chi connectivity index (χ0) is 19.2. The summed E-state index contributed by atoms with van der Waals surface area (Å²) in [6.07, 6.45) is 2.38. The van der Waals surface area contributed by atoms with Gasteiger partial charge in [0.2, 0.25) is 0 Å². The van der Waals surface area contributed by atoms with E-state index in [9.17, 15) is 4.79 Å². The van der Waals surface area contributed by atoms with Crippen LogP contribution < -0.4 is 5.73 Å². The highest BCUT2D eigenvalue weighted by Crippen LogP contribution is 2.13. The number of nitrogens with two attached hydrogens (primary N) is 1. The predicted molar refractivity (Wildman–Crippen MR) is 106 cm³/mol. The molecule has 2 N–H and O–H groups in total. The number of aryl methyl sites for hydroxylation is 2. The maximum Gasteiger partial charge on any atom is 0.255 e. The molecule has 0 saturated carbocycles. The zero-order valence-corrected chi connectivity index (χ0v) is 15.8. The first-order valence-electron chi connectivity index (χ1n) is 9.11. The number of pyridine rings is 1. The van der Waals surface area contributed by atoms with Crippen molar-refractivity contribution in [3.05, 3.63) is 77.2 Å². The van der Waals surface area contributed by atoms with Crippen molar-refractivity contribution in [1.29, 1.82) is 0 Å². The fourth-order valence-corrected chi connectivity index (χ4v) is 3.02. The molecule has 0 aliphatic carbocycles. The lowest BCUT2D eigenvalue weighted by atomic mass is 10.1. The van der Waals surface area contributed by atoms with E-state index in [0.717, 1.165) is 23.4 Å². The summed E-state index contributed by atoms with van der Waals surface area (Å²) < 4.78 is 1.78. The molecule has 1 aromatic carbocycles. The van der Waals surface area contributed by atoms with Crippen molar-refractivity contribution in [3.8, 4) is 5.82 Å². The fraction of sp³-hybridized carbons (Fsp3) is 0.286. The SMILES string of the molecule is Cc1cc(C)n(-c2ccc(C(=O)N(CCCN)Cc3ccccc3)cn2)n1. The first kappa shape index (κ1) is 18.8. The lowest BCUT2D eigenvalue weighted by molar-refractivity contribution is 0.0742. The summed E-state index contributed by atoms with van der Waals surface area (Å²) in [4.78, 5) is 19.3. The van der Waals surface area contributed by atoms with Crippen molar-refractivity contribution >= 4 is 5.91 Å². The van der Waals surface area contributed by atoms with Crippen LogP contribution in [0.3, 0.4) is 0 Å². The number of amides is 1. The maximum absolute atomic E-state index is 13.0. The Morgan fingerprint density at radius 2 is 1.93 bits per heavy atom. The van der Waals surface area contributed by atoms with Gasteiger partial charge in [0.1, 0.15) is 0 Å². The minimum Gasteiger partial charge on any atom is -0.334 e. The fourth-order valence-electron chi connectivity index (χ4n) is 3.02. The maximum atomic E-state index is 13.0. The van der Waals surface area contributed by atoms with Crippen molar-refractivity contribution in [1.82, 2.24) is 19.7 Å². The Bertz CT molecular complexity index is 887. The molecule has 27 heavy (non-hydrogen) atoms. The average Bonchev–Trinajstić information content (AvgIpc) is 3.03. The van der Waals surface area contributed by atoms with E-state index in [1.165, 1.54) is 0 Å². The molecule has 140 valence electrons. The number of carbonyl (C=O) groups excluding carboxylic acids is 1. The van der Waals surface area contributed by atoms with Crippen LogP contribution >= 0.6 is 0 Å². The highest BCUT2D eigenvalue weighted by Gasteiger charge is 2.17. The van der Waals surface area contributed by atoms with Crippen LogP contribution in [0.2, 0.25) is 0 Å². The second-order valence-corrected chi connectivity index (χ2v) is 6.60. The number of rotatable bonds is 7. The van der Waals surface area contributed by atoms with E-state index < -0.39 is 0 Å². The molecule has 0 aliphatic rings. The quantitative estimate of drug-likeness (QED) is 0.700. The molecule has 6 heteroatoms. The van der Waals surface area contributed by atoms with Crippen LogP contribution in [0.1, 0.15) is 33.7 Å². The van der Waals surface area contributed by atoms with Crippen molar-refractivity contribution in [2.45, 2.75) is 26.8 Å². The van der Waals surface area contributed by atoms with E-state index in [1.54, 1.807) is 10.9 Å². The third-order valence-electron chi connectivity index (χ3n) is 4.36. The molecule has 3 aromatic rings. The Balaban J connectivity index is 1.79. The van der Waals surface area contributed by atoms with Crippen LogP contribution in [-0.4, -0.2) is 38.7 Å². The van der Waals surface area contributed by atoms with Crippen LogP contribution in [0, 0.1) is 13.8 Å². The molecule has 2 aromatic heterocycles. The molecule has 1 amide bonds. The first-order valence-corrected chi connectivity index (χ1v) is 9.11. The number of carbonyl (C=O) groups is 1. The van der Waals surface area contributed by atoms with E-state index in [1.807, 2.05) is 67.3 Å². The topological polar surface area (TPSA) is 77.0 Å². The minimum atomic E-state index is -0.0419. The normalized spacial score (nSPS) is 10.8. The van der Waals surface area contributed by atoms with E-state index in [2.05, 4.69) is 10.1 Å². The Labute approximate surface area is 159 Å². The molecular weight excluding hydrogens is 338 g/mol. The van der Waals surface area contributed by atoms with Crippen molar-refractivity contribution in [2.24, 2.45) is 5.73 Å². The summed E-state index contributed by atoms with van der Waals surface area (Å²) in [5.74, 6) is 0.661. The van der Waals surface area contributed by atoms with Crippen LogP contribution in [-0.2, 0) is 6.54 Å². The van der Waals surface area contributed by atoms with Gasteiger partial charge in [0.25, 0.3) is 5.91 Å². The molecule has 0 fully saturated rings. The van der Waals surface area contributed by atoms with Crippen LogP contribution in [0.4, 0.5) is 0 Å². The van der Waals surface area contributed by atoms with Crippen LogP contribution in [0.15, 0.2) is 54.7 Å². The molecule has 0 aliphatic heterocycles. The van der Waals surface area contributed by atoms with Gasteiger partial charge >= 0.3 is 0 Å². The molecule has 0 spiro atoms. The number of hydrogen-bond acceptors (Lipinski definition) is 4. The van der Waals surface area contributed by atoms with Gasteiger partial charge in [0.15, 0.2) is 5.82 Å². The minimum absolute atomic E-state index is 0.0419. The van der Waals surface area contributed by atoms with E-state index in [4.69, 9.17) is 5.73 Å². The summed E-state index contributed by atoms with van der Waals surface area (Å²) in [7, 11) is 0. The lowest BCUT2D eigenvalue weighted by Crippen LogP contribution is -2.32. The van der Waals surface area contributed by atoms with Gasteiger partial charge < -0.3 is 10.6 Å². The van der Waals surface area contributed by atoms with E-state index in [0.29, 0.717) is 31.0 Å². The molecule has 0 saturated heterocycles. The largest absolute Gasteiger partial charge is 0.334 e. The summed E-state index contributed by atoms with van der Waals surface area (Å²) in [5.41, 5.74) is 9.25. The summed E-state index contributed by atoms with van der Waals surface area (Å²) in [6, 6.07) is 15.6. The summed E-state index contributed by atoms with van der Waals surface area (Å²) in [6.45, 7) is 5.64. The van der Waals surface area contributed by atoms with Crippen LogP contribution in [0.25, 0.3) is 5.82 Å². The third kappa shape index (κ3) is 4.60. The summed E-state index contributed by atoms with van der Waals surface area (Å²) in [5, 5.41) is 4.43. The molecule has 2 heterocycles. The van der Waals surface area contributed by atoms with Gasteiger partial charge in [-0.3, -0.25) is 4.79 Å². The molecule has 3 rings (SSSR count). The molecule has 0 bridgehead atoms. The molecule has 0 radical (unpaired) electrons. The number of benzene rings is 1. The van der Waals surface area contributed by atoms with Gasteiger partial charge in [-0.05, 0) is 50.6 Å². The van der Waals surface area contributed by atoms with Gasteiger partial charge in [0.05, 0.1) is 11.3 Å². The monoisotopic (exact) mass is 363 g/mol. The third-order valence-corrected chi connectivity index (χ3v) is 4.36. The smallest absolute Gasteiger partial charge is 0.255 e. The van der Waals surface area contributed by atoms with Crippen LogP contribution in [0.5, 0.6) is 0 Å². The van der Waals surface area contributed by atoms with Gasteiger partial charge in [0, 0.05) is 25.0 Å². The predicted octanol–water partition coefficient (Wildman–Crippen LogP) is 2.88. The van der Waals surface area contributed by atoms with E-state index >= 15 is 0 Å². The second kappa shape index (κ2) is 8.60. The van der Waals surface area contributed by atoms with Gasteiger partial charge in [-0.1, -0.05) is 30.3 Å². The van der Waals surface area contributed by atoms with Crippen molar-refractivity contribution in [3.63, 3.8) is 0 Å². The van der Waals surface area contributed by atoms with Crippen molar-refractivity contribution in [2.75, 3.05) is 13.1 Å². The Morgan fingerprint density at radius 3 is 2.52 bits per heavy atom. The Hall–Kier alpha value is -2.99. The highest BCUT2D eigenvalue weighted by molar-refractivity contribution is 5.94. The second-order valence-electron chi connectivity index (χ2n) is 6.60. The van der Waals surface area contributed by atoms with E-state index in [-0.39, 0.29) is 5.91 Å². The van der Waals surface area contributed by atoms with Crippen molar-refractivity contribution < 1.29 is 4.79 Å². The Kier molecular flexibility index (Phi) is 5.98. The number of hydrogen-bond donors (Lipinski definition) is 1. The molecule has 0 unspecified atom stereocenters. The highest BCUT2D eigenvalue weighted by atomic mass is 16.2. The number of nitrogens with zero attached hydrogens (tertiary/aromatic N) is 4. The number of aromatic nitrogens is 3. The molecular formula is C21H25N5O. The zero-order valence-electron chi connectivity index (χ0n) is 15.8. The standard InChI is InChI=1S/C21H25N5O/c1-16-13-17(2)26(24-16)20-10-9-19(14-23-20)21(27)25(12-6-11-22)15-18-7-4-3-5-8-18/h3-5,7-10,13-14H,6,11-12,15,22H2,1-2H3. The lowest BCUT2D eigenvalue weighted by Gasteiger charge is -2.23. The molecule has 0 atom stereocenters. The first-order chi connectivity index (χ1) is 13.1. The van der Waals surface area contributed by atoms with Gasteiger partial charge in [-0.15, -0.1) is 0 Å².